The van der Waals surface area contributed by atoms with Crippen molar-refractivity contribution < 1.29 is 13.8 Å². The molecule has 1 fully saturated rings. The van der Waals surface area contributed by atoms with Gasteiger partial charge in [-0.3, -0.25) is 0 Å². The van der Waals surface area contributed by atoms with Crippen molar-refractivity contribution in [3.8, 4) is 17.2 Å². The van der Waals surface area contributed by atoms with Crippen molar-refractivity contribution in [1.82, 2.24) is 20.3 Å². The molecule has 1 aromatic carbocycles. The summed E-state index contributed by atoms with van der Waals surface area (Å²) in [6.07, 6.45) is 2.84. The number of ether oxygens (including phenoxy) is 1. The SMILES string of the molecule is Cc1nc(COc2ccccc2-c2nc(C3(N)CCC3)no2)no1. The molecule has 0 aliphatic heterocycles. The fourth-order valence-electron chi connectivity index (χ4n) is 2.63. The molecule has 2 aromatic heterocycles. The van der Waals surface area contributed by atoms with E-state index < -0.39 is 5.54 Å². The van der Waals surface area contributed by atoms with Gasteiger partial charge in [-0.1, -0.05) is 22.4 Å². The number of aromatic nitrogens is 4. The molecule has 1 aliphatic rings. The molecule has 4 rings (SSSR count). The first kappa shape index (κ1) is 14.8. The number of para-hydroxylation sites is 1. The second-order valence-corrected chi connectivity index (χ2v) is 5.95. The van der Waals surface area contributed by atoms with Gasteiger partial charge in [0.1, 0.15) is 5.75 Å². The highest BCUT2D eigenvalue weighted by Gasteiger charge is 2.39. The molecule has 0 atom stereocenters. The summed E-state index contributed by atoms with van der Waals surface area (Å²) >= 11 is 0. The van der Waals surface area contributed by atoms with Crippen LogP contribution in [0.15, 0.2) is 33.3 Å². The predicted octanol–water partition coefficient (Wildman–Crippen LogP) is 2.34. The van der Waals surface area contributed by atoms with Crippen molar-refractivity contribution in [2.75, 3.05) is 0 Å². The van der Waals surface area contributed by atoms with Crippen molar-refractivity contribution >= 4 is 0 Å². The van der Waals surface area contributed by atoms with Gasteiger partial charge in [-0.25, -0.2) is 0 Å². The Morgan fingerprint density at radius 1 is 1.17 bits per heavy atom. The molecular weight excluding hydrogens is 310 g/mol. The largest absolute Gasteiger partial charge is 0.485 e. The number of nitrogens with two attached hydrogens (primary N) is 1. The topological polar surface area (TPSA) is 113 Å². The lowest BCUT2D eigenvalue weighted by Gasteiger charge is -2.34. The van der Waals surface area contributed by atoms with Gasteiger partial charge in [-0.2, -0.15) is 9.97 Å². The summed E-state index contributed by atoms with van der Waals surface area (Å²) in [5.41, 5.74) is 6.50. The summed E-state index contributed by atoms with van der Waals surface area (Å²) in [5.74, 6) is 2.52. The summed E-state index contributed by atoms with van der Waals surface area (Å²) in [4.78, 5) is 8.57. The van der Waals surface area contributed by atoms with Crippen LogP contribution in [0, 0.1) is 6.92 Å². The van der Waals surface area contributed by atoms with E-state index >= 15 is 0 Å². The van der Waals surface area contributed by atoms with Crippen LogP contribution in [-0.4, -0.2) is 20.3 Å². The summed E-state index contributed by atoms with van der Waals surface area (Å²) in [7, 11) is 0. The molecule has 1 aliphatic carbocycles. The maximum Gasteiger partial charge on any atom is 0.261 e. The lowest BCUT2D eigenvalue weighted by atomic mass is 9.77. The zero-order chi connectivity index (χ0) is 16.6. The van der Waals surface area contributed by atoms with Crippen LogP contribution in [0.1, 0.15) is 36.8 Å². The smallest absolute Gasteiger partial charge is 0.261 e. The number of hydrogen-bond acceptors (Lipinski definition) is 8. The Hall–Kier alpha value is -2.74. The number of rotatable bonds is 5. The number of nitrogens with zero attached hydrogens (tertiary/aromatic N) is 4. The van der Waals surface area contributed by atoms with Gasteiger partial charge in [0.05, 0.1) is 11.1 Å². The molecule has 8 nitrogen and oxygen atoms in total. The van der Waals surface area contributed by atoms with E-state index in [9.17, 15) is 0 Å². The first-order valence-electron chi connectivity index (χ1n) is 7.78. The molecular formula is C16H17N5O3. The maximum absolute atomic E-state index is 6.25. The second-order valence-electron chi connectivity index (χ2n) is 5.95. The standard InChI is InChI=1S/C16H17N5O3/c1-10-18-13(20-23-10)9-22-12-6-3-2-5-11(12)14-19-15(21-24-14)16(17)7-4-8-16/h2-3,5-6H,4,7-9,17H2,1H3. The van der Waals surface area contributed by atoms with Crippen molar-refractivity contribution in [2.45, 2.75) is 38.3 Å². The average Bonchev–Trinajstić information content (AvgIpc) is 3.20. The lowest BCUT2D eigenvalue weighted by Crippen LogP contribution is -2.44. The minimum absolute atomic E-state index is 0.191. The van der Waals surface area contributed by atoms with Crippen molar-refractivity contribution in [3.05, 3.63) is 41.8 Å². The van der Waals surface area contributed by atoms with Crippen LogP contribution in [0.5, 0.6) is 5.75 Å². The first-order chi connectivity index (χ1) is 11.6. The van der Waals surface area contributed by atoms with E-state index in [-0.39, 0.29) is 6.61 Å². The molecule has 8 heteroatoms. The van der Waals surface area contributed by atoms with E-state index in [4.69, 9.17) is 19.5 Å². The summed E-state index contributed by atoms with van der Waals surface area (Å²) in [6.45, 7) is 1.92. The highest BCUT2D eigenvalue weighted by molar-refractivity contribution is 5.62. The molecule has 0 spiro atoms. The Morgan fingerprint density at radius 2 is 2.00 bits per heavy atom. The number of benzene rings is 1. The summed E-state index contributed by atoms with van der Waals surface area (Å²) in [5, 5.41) is 7.85. The molecule has 0 unspecified atom stereocenters. The van der Waals surface area contributed by atoms with E-state index in [0.29, 0.717) is 34.7 Å². The fraction of sp³-hybridized carbons (Fsp3) is 0.375. The van der Waals surface area contributed by atoms with Gasteiger partial charge in [-0.05, 0) is 31.4 Å². The number of hydrogen-bond donors (Lipinski definition) is 1. The Balaban J connectivity index is 1.57. The van der Waals surface area contributed by atoms with Gasteiger partial charge in [0.25, 0.3) is 5.89 Å². The Kier molecular flexibility index (Phi) is 3.53. The van der Waals surface area contributed by atoms with Crippen molar-refractivity contribution in [3.63, 3.8) is 0 Å². The van der Waals surface area contributed by atoms with Gasteiger partial charge < -0.3 is 19.5 Å². The number of aryl methyl sites for hydroxylation is 1. The Bertz CT molecular complexity index is 853. The minimum Gasteiger partial charge on any atom is -0.485 e. The third kappa shape index (κ3) is 2.65. The molecule has 2 heterocycles. The molecule has 2 N–H and O–H groups in total. The molecule has 0 saturated heterocycles. The second kappa shape index (κ2) is 5.72. The Morgan fingerprint density at radius 3 is 2.71 bits per heavy atom. The molecule has 3 aromatic rings. The Labute approximate surface area is 138 Å². The van der Waals surface area contributed by atoms with Crippen LogP contribution in [-0.2, 0) is 12.1 Å². The van der Waals surface area contributed by atoms with Crippen LogP contribution >= 0.6 is 0 Å². The molecule has 124 valence electrons. The van der Waals surface area contributed by atoms with Crippen LogP contribution in [0.3, 0.4) is 0 Å². The average molecular weight is 327 g/mol. The third-order valence-corrected chi connectivity index (χ3v) is 4.16. The van der Waals surface area contributed by atoms with Crippen LogP contribution < -0.4 is 10.5 Å². The zero-order valence-electron chi connectivity index (χ0n) is 13.2. The molecule has 0 amide bonds. The quantitative estimate of drug-likeness (QED) is 0.759. The zero-order valence-corrected chi connectivity index (χ0v) is 13.2. The van der Waals surface area contributed by atoms with E-state index in [0.717, 1.165) is 19.3 Å². The maximum atomic E-state index is 6.25. The van der Waals surface area contributed by atoms with E-state index in [2.05, 4.69) is 20.3 Å². The van der Waals surface area contributed by atoms with E-state index in [1.807, 2.05) is 24.3 Å². The minimum atomic E-state index is -0.459. The van der Waals surface area contributed by atoms with Crippen molar-refractivity contribution in [2.24, 2.45) is 5.73 Å². The van der Waals surface area contributed by atoms with Crippen LogP contribution in [0.4, 0.5) is 0 Å². The highest BCUT2D eigenvalue weighted by Crippen LogP contribution is 2.38. The summed E-state index contributed by atoms with van der Waals surface area (Å²) in [6, 6.07) is 7.44. The normalized spacial score (nSPS) is 15.9. The van der Waals surface area contributed by atoms with E-state index in [1.165, 1.54) is 0 Å². The van der Waals surface area contributed by atoms with Gasteiger partial charge in [0.2, 0.25) is 11.7 Å². The van der Waals surface area contributed by atoms with Gasteiger partial charge in [-0.15, -0.1) is 0 Å². The highest BCUT2D eigenvalue weighted by atomic mass is 16.5. The predicted molar refractivity (Wildman–Crippen MR) is 82.8 cm³/mol. The molecule has 0 radical (unpaired) electrons. The first-order valence-corrected chi connectivity index (χ1v) is 7.78. The molecule has 0 bridgehead atoms. The fourth-order valence-corrected chi connectivity index (χ4v) is 2.63. The third-order valence-electron chi connectivity index (χ3n) is 4.16. The van der Waals surface area contributed by atoms with Gasteiger partial charge >= 0.3 is 0 Å². The van der Waals surface area contributed by atoms with Crippen molar-refractivity contribution in [1.29, 1.82) is 0 Å². The monoisotopic (exact) mass is 327 g/mol. The van der Waals surface area contributed by atoms with Gasteiger partial charge in [0.15, 0.2) is 12.4 Å². The van der Waals surface area contributed by atoms with Gasteiger partial charge in [0, 0.05) is 6.92 Å². The summed E-state index contributed by atoms with van der Waals surface area (Å²) < 4.78 is 16.1. The van der Waals surface area contributed by atoms with E-state index in [1.54, 1.807) is 6.92 Å². The van der Waals surface area contributed by atoms with Crippen LogP contribution in [0.25, 0.3) is 11.5 Å². The molecule has 1 saturated carbocycles. The lowest BCUT2D eigenvalue weighted by molar-refractivity contribution is 0.229. The molecule has 24 heavy (non-hydrogen) atoms. The van der Waals surface area contributed by atoms with Crippen LogP contribution in [0.2, 0.25) is 0 Å².